The van der Waals surface area contributed by atoms with Crippen LogP contribution in [-0.4, -0.2) is 25.3 Å². The molecular weight excluding hydrogens is 238 g/mol. The molecule has 1 aromatic rings. The summed E-state index contributed by atoms with van der Waals surface area (Å²) in [5, 5.41) is 3.13. The van der Waals surface area contributed by atoms with Crippen LogP contribution in [0.4, 0.5) is 0 Å². The third-order valence-electron chi connectivity index (χ3n) is 2.35. The third-order valence-corrected chi connectivity index (χ3v) is 3.15. The van der Waals surface area contributed by atoms with Gasteiger partial charge in [0.1, 0.15) is 0 Å². The van der Waals surface area contributed by atoms with Gasteiger partial charge in [0.15, 0.2) is 0 Å². The molecule has 0 amide bonds. The van der Waals surface area contributed by atoms with E-state index >= 15 is 0 Å². The highest BCUT2D eigenvalue weighted by Crippen LogP contribution is 2.09. The number of hydrogen-bond acceptors (Lipinski definition) is 3. The Morgan fingerprint density at radius 2 is 2.06 bits per heavy atom. The summed E-state index contributed by atoms with van der Waals surface area (Å²) in [4.78, 5) is 0. The summed E-state index contributed by atoms with van der Waals surface area (Å²) in [6.07, 6.45) is 2.18. The first-order valence-corrected chi connectivity index (χ1v) is 7.00. The van der Waals surface area contributed by atoms with E-state index in [-0.39, 0.29) is 5.75 Å². The van der Waals surface area contributed by atoms with Crippen molar-refractivity contribution in [2.24, 2.45) is 0 Å². The van der Waals surface area contributed by atoms with Crippen LogP contribution in [-0.2, 0) is 16.7 Å². The largest absolute Gasteiger partial charge is 0.313 e. The summed E-state index contributed by atoms with van der Waals surface area (Å²) in [6, 6.07) is 7.86. The fourth-order valence-electron chi connectivity index (χ4n) is 1.50. The summed E-state index contributed by atoms with van der Waals surface area (Å²) < 4.78 is 29.5. The van der Waals surface area contributed by atoms with Crippen LogP contribution < -0.4 is 5.32 Å². The van der Waals surface area contributed by atoms with Gasteiger partial charge >= 0.3 is 0 Å². The number of hydrogen-bond donors (Lipinski definition) is 2. The lowest BCUT2D eigenvalue weighted by Crippen LogP contribution is -2.18. The Morgan fingerprint density at radius 1 is 1.35 bits per heavy atom. The Hall–Kier alpha value is -1.17. The van der Waals surface area contributed by atoms with Crippen molar-refractivity contribution in [2.45, 2.75) is 13.0 Å². The van der Waals surface area contributed by atoms with E-state index in [0.29, 0.717) is 19.5 Å². The Kier molecular flexibility index (Phi) is 5.34. The van der Waals surface area contributed by atoms with Crippen molar-refractivity contribution in [3.63, 3.8) is 0 Å². The van der Waals surface area contributed by atoms with Crippen molar-refractivity contribution in [3.8, 4) is 0 Å². The topological polar surface area (TPSA) is 66.4 Å². The fraction of sp³-hybridized carbons (Fsp3) is 0.333. The molecule has 0 spiro atoms. The summed E-state index contributed by atoms with van der Waals surface area (Å²) in [5.74, 6) is -0.205. The van der Waals surface area contributed by atoms with Gasteiger partial charge < -0.3 is 5.32 Å². The van der Waals surface area contributed by atoms with Gasteiger partial charge in [-0.3, -0.25) is 4.55 Å². The molecule has 4 nitrogen and oxygen atoms in total. The second kappa shape index (κ2) is 6.54. The van der Waals surface area contributed by atoms with E-state index < -0.39 is 10.1 Å². The number of benzene rings is 1. The molecular formula is C12H17NO3S. The van der Waals surface area contributed by atoms with Gasteiger partial charge in [-0.15, -0.1) is 0 Å². The molecule has 0 atom stereocenters. The monoisotopic (exact) mass is 255 g/mol. The lowest BCUT2D eigenvalue weighted by molar-refractivity contribution is 0.479. The van der Waals surface area contributed by atoms with Gasteiger partial charge in [-0.1, -0.05) is 36.9 Å². The van der Waals surface area contributed by atoms with E-state index in [4.69, 9.17) is 4.55 Å². The summed E-state index contributed by atoms with van der Waals surface area (Å²) in [6.45, 7) is 4.94. The van der Waals surface area contributed by atoms with Crippen molar-refractivity contribution in [1.29, 1.82) is 0 Å². The van der Waals surface area contributed by atoms with Gasteiger partial charge in [-0.25, -0.2) is 0 Å². The maximum atomic E-state index is 10.5. The van der Waals surface area contributed by atoms with E-state index in [9.17, 15) is 8.42 Å². The normalized spacial score (nSPS) is 11.4. The van der Waals surface area contributed by atoms with Crippen LogP contribution in [0.1, 0.15) is 17.5 Å². The van der Waals surface area contributed by atoms with Crippen molar-refractivity contribution < 1.29 is 13.0 Å². The zero-order chi connectivity index (χ0) is 12.7. The van der Waals surface area contributed by atoms with Crippen LogP contribution in [0, 0.1) is 0 Å². The highest BCUT2D eigenvalue weighted by atomic mass is 32.2. The maximum Gasteiger partial charge on any atom is 0.264 e. The SMILES string of the molecule is C=Cc1ccccc1CNCCCS(=O)(=O)O. The molecule has 0 fully saturated rings. The van der Waals surface area contributed by atoms with Crippen LogP contribution in [0.15, 0.2) is 30.8 Å². The Labute approximate surface area is 102 Å². The van der Waals surface area contributed by atoms with Crippen LogP contribution in [0.3, 0.4) is 0 Å². The average Bonchev–Trinajstić information content (AvgIpc) is 2.27. The first-order chi connectivity index (χ1) is 8.03. The first-order valence-electron chi connectivity index (χ1n) is 5.39. The minimum absolute atomic E-state index is 0.205. The van der Waals surface area contributed by atoms with Crippen LogP contribution in [0.25, 0.3) is 6.08 Å². The predicted molar refractivity (Wildman–Crippen MR) is 69.3 cm³/mol. The Bertz CT molecular complexity index is 468. The molecule has 0 aliphatic heterocycles. The van der Waals surface area contributed by atoms with Crippen LogP contribution >= 0.6 is 0 Å². The Morgan fingerprint density at radius 3 is 2.71 bits per heavy atom. The molecule has 0 aliphatic carbocycles. The molecule has 1 rings (SSSR count). The molecule has 17 heavy (non-hydrogen) atoms. The molecule has 0 unspecified atom stereocenters. The van der Waals surface area contributed by atoms with Gasteiger partial charge in [0, 0.05) is 6.54 Å². The minimum Gasteiger partial charge on any atom is -0.313 e. The highest BCUT2D eigenvalue weighted by molar-refractivity contribution is 7.85. The molecule has 94 valence electrons. The van der Waals surface area contributed by atoms with Gasteiger partial charge in [0.2, 0.25) is 0 Å². The fourth-order valence-corrected chi connectivity index (χ4v) is 2.01. The quantitative estimate of drug-likeness (QED) is 0.575. The van der Waals surface area contributed by atoms with Gasteiger partial charge in [0.25, 0.3) is 10.1 Å². The molecule has 0 saturated heterocycles. The van der Waals surface area contributed by atoms with E-state index in [0.717, 1.165) is 11.1 Å². The minimum atomic E-state index is -3.84. The van der Waals surface area contributed by atoms with Gasteiger partial charge in [-0.2, -0.15) is 8.42 Å². The van der Waals surface area contributed by atoms with Crippen molar-refractivity contribution in [3.05, 3.63) is 42.0 Å². The molecule has 5 heteroatoms. The smallest absolute Gasteiger partial charge is 0.264 e. The molecule has 0 heterocycles. The summed E-state index contributed by atoms with van der Waals surface area (Å²) in [7, 11) is -3.84. The standard InChI is InChI=1S/C12H17NO3S/c1-2-11-6-3-4-7-12(11)10-13-8-5-9-17(14,15)16/h2-4,6-7,13H,1,5,8-10H2,(H,14,15,16). The van der Waals surface area contributed by atoms with Crippen LogP contribution in [0.2, 0.25) is 0 Å². The van der Waals surface area contributed by atoms with Crippen molar-refractivity contribution in [2.75, 3.05) is 12.3 Å². The zero-order valence-electron chi connectivity index (χ0n) is 9.59. The van der Waals surface area contributed by atoms with Crippen molar-refractivity contribution in [1.82, 2.24) is 5.32 Å². The molecule has 0 radical (unpaired) electrons. The molecule has 0 bridgehead atoms. The molecule has 1 aromatic carbocycles. The van der Waals surface area contributed by atoms with Gasteiger partial charge in [0.05, 0.1) is 5.75 Å². The first kappa shape index (κ1) is 13.9. The summed E-state index contributed by atoms with van der Waals surface area (Å²) in [5.41, 5.74) is 2.18. The number of nitrogens with one attached hydrogen (secondary N) is 1. The molecule has 0 saturated carbocycles. The van der Waals surface area contributed by atoms with E-state index in [1.807, 2.05) is 24.3 Å². The third kappa shape index (κ3) is 5.63. The average molecular weight is 255 g/mol. The second-order valence-corrected chi connectivity index (χ2v) is 5.29. The van der Waals surface area contributed by atoms with E-state index in [2.05, 4.69) is 11.9 Å². The molecule has 0 aromatic heterocycles. The van der Waals surface area contributed by atoms with Gasteiger partial charge in [-0.05, 0) is 24.1 Å². The molecule has 0 aliphatic rings. The zero-order valence-corrected chi connectivity index (χ0v) is 10.4. The lowest BCUT2D eigenvalue weighted by atomic mass is 10.1. The van der Waals surface area contributed by atoms with E-state index in [1.165, 1.54) is 0 Å². The predicted octanol–water partition coefficient (Wildman–Crippen LogP) is 1.70. The second-order valence-electron chi connectivity index (χ2n) is 3.72. The lowest BCUT2D eigenvalue weighted by Gasteiger charge is -2.07. The van der Waals surface area contributed by atoms with E-state index in [1.54, 1.807) is 6.08 Å². The maximum absolute atomic E-state index is 10.5. The highest BCUT2D eigenvalue weighted by Gasteiger charge is 2.03. The molecule has 2 N–H and O–H groups in total. The van der Waals surface area contributed by atoms with Crippen LogP contribution in [0.5, 0.6) is 0 Å². The van der Waals surface area contributed by atoms with Crippen molar-refractivity contribution >= 4 is 16.2 Å². The summed E-state index contributed by atoms with van der Waals surface area (Å²) >= 11 is 0. The number of rotatable bonds is 7. The Balaban J connectivity index is 2.34.